The van der Waals surface area contributed by atoms with Crippen LogP contribution in [0.4, 0.5) is 11.5 Å². The maximum Gasteiger partial charge on any atom is 0.126 e. The Kier molecular flexibility index (Phi) is 16.3. The van der Waals surface area contributed by atoms with E-state index in [4.69, 9.17) is 10.5 Å². The average molecular weight is 388 g/mol. The number of unbranched alkanes of at least 4 members (excludes halogenated alkanes) is 3. The molecule has 0 aromatic carbocycles. The van der Waals surface area contributed by atoms with Crippen molar-refractivity contribution in [2.24, 2.45) is 0 Å². The molecule has 0 aliphatic carbocycles. The van der Waals surface area contributed by atoms with E-state index in [0.29, 0.717) is 5.69 Å². The van der Waals surface area contributed by atoms with Crippen LogP contribution in [0, 0.1) is 0 Å². The highest BCUT2D eigenvalue weighted by Crippen LogP contribution is 2.07. The van der Waals surface area contributed by atoms with Gasteiger partial charge in [-0.1, -0.05) is 12.8 Å². The van der Waals surface area contributed by atoms with Gasteiger partial charge in [-0.2, -0.15) is 0 Å². The van der Waals surface area contributed by atoms with Crippen LogP contribution in [-0.2, 0) is 4.74 Å². The third-order valence-electron chi connectivity index (χ3n) is 3.60. The molecular formula is C15H29Cl3N4O. The largest absolute Gasteiger partial charge is 0.397 e. The highest BCUT2D eigenvalue weighted by molar-refractivity contribution is 5.86. The summed E-state index contributed by atoms with van der Waals surface area (Å²) in [5.41, 5.74) is 6.30. The van der Waals surface area contributed by atoms with Gasteiger partial charge in [0.05, 0.1) is 25.1 Å². The van der Waals surface area contributed by atoms with Crippen molar-refractivity contribution in [1.29, 1.82) is 0 Å². The van der Waals surface area contributed by atoms with E-state index in [2.05, 4.69) is 15.2 Å². The smallest absolute Gasteiger partial charge is 0.126 e. The van der Waals surface area contributed by atoms with Crippen LogP contribution in [0.15, 0.2) is 18.3 Å². The fraction of sp³-hybridized carbons (Fsp3) is 0.667. The number of morpholine rings is 1. The Bertz CT molecular complexity index is 375. The van der Waals surface area contributed by atoms with E-state index in [-0.39, 0.29) is 37.2 Å². The van der Waals surface area contributed by atoms with E-state index in [1.807, 2.05) is 12.1 Å². The van der Waals surface area contributed by atoms with Crippen molar-refractivity contribution in [3.8, 4) is 0 Å². The number of nitrogens with one attached hydrogen (secondary N) is 1. The van der Waals surface area contributed by atoms with Gasteiger partial charge in [-0.05, 0) is 31.5 Å². The number of nitrogens with two attached hydrogens (primary N) is 1. The standard InChI is InChI=1S/C15H26N4O.3ClH/c16-14-5-6-15(18-13-14)17-7-3-1-2-4-8-19-9-11-20-12-10-19;;;/h5-6,13H,1-4,7-12,16H2,(H,17,18);3*1H. The lowest BCUT2D eigenvalue weighted by Gasteiger charge is -2.26. The third-order valence-corrected chi connectivity index (χ3v) is 3.60. The molecule has 0 radical (unpaired) electrons. The first-order valence-electron chi connectivity index (χ1n) is 7.60. The van der Waals surface area contributed by atoms with Crippen molar-refractivity contribution in [2.75, 3.05) is 50.4 Å². The first-order chi connectivity index (χ1) is 9.84. The number of nitrogens with zero attached hydrogens (tertiary/aromatic N) is 2. The Labute approximate surface area is 158 Å². The molecule has 1 aliphatic rings. The summed E-state index contributed by atoms with van der Waals surface area (Å²) in [4.78, 5) is 6.72. The zero-order chi connectivity index (χ0) is 14.0. The summed E-state index contributed by atoms with van der Waals surface area (Å²) in [5.74, 6) is 0.910. The number of hydrogen-bond donors (Lipinski definition) is 2. The number of rotatable bonds is 8. The second-order valence-corrected chi connectivity index (χ2v) is 5.27. The predicted molar refractivity (Wildman–Crippen MR) is 105 cm³/mol. The zero-order valence-corrected chi connectivity index (χ0v) is 15.9. The minimum Gasteiger partial charge on any atom is -0.397 e. The van der Waals surface area contributed by atoms with Crippen LogP contribution in [0.25, 0.3) is 0 Å². The van der Waals surface area contributed by atoms with Crippen molar-refractivity contribution < 1.29 is 4.74 Å². The number of aromatic nitrogens is 1. The van der Waals surface area contributed by atoms with E-state index in [9.17, 15) is 0 Å². The van der Waals surface area contributed by atoms with Crippen LogP contribution in [-0.4, -0.2) is 49.3 Å². The van der Waals surface area contributed by atoms with Crippen LogP contribution in [0.5, 0.6) is 0 Å². The van der Waals surface area contributed by atoms with Crippen LogP contribution >= 0.6 is 37.2 Å². The van der Waals surface area contributed by atoms with E-state index in [0.717, 1.165) is 38.7 Å². The summed E-state index contributed by atoms with van der Waals surface area (Å²) in [7, 11) is 0. The summed E-state index contributed by atoms with van der Waals surface area (Å²) < 4.78 is 5.34. The lowest BCUT2D eigenvalue weighted by Crippen LogP contribution is -2.36. The Balaban J connectivity index is 0. The molecule has 2 heterocycles. The number of pyridine rings is 1. The highest BCUT2D eigenvalue weighted by Gasteiger charge is 2.08. The van der Waals surface area contributed by atoms with Crippen molar-refractivity contribution in [1.82, 2.24) is 9.88 Å². The molecule has 5 nitrogen and oxygen atoms in total. The molecule has 3 N–H and O–H groups in total. The summed E-state index contributed by atoms with van der Waals surface area (Å²) in [6.07, 6.45) is 6.74. The molecule has 1 saturated heterocycles. The molecule has 1 aliphatic heterocycles. The molecule has 1 aromatic heterocycles. The predicted octanol–water partition coefficient (Wildman–Crippen LogP) is 3.23. The van der Waals surface area contributed by atoms with Gasteiger partial charge in [-0.15, -0.1) is 37.2 Å². The maximum absolute atomic E-state index is 5.60. The maximum atomic E-state index is 5.60. The van der Waals surface area contributed by atoms with Crippen molar-refractivity contribution >= 4 is 48.7 Å². The van der Waals surface area contributed by atoms with Gasteiger partial charge in [0.1, 0.15) is 5.82 Å². The first kappa shape index (κ1) is 24.8. The molecule has 2 rings (SSSR count). The summed E-state index contributed by atoms with van der Waals surface area (Å²) >= 11 is 0. The quantitative estimate of drug-likeness (QED) is 0.670. The Morgan fingerprint density at radius 2 is 1.74 bits per heavy atom. The molecule has 0 saturated carbocycles. The van der Waals surface area contributed by atoms with Crippen LogP contribution < -0.4 is 11.1 Å². The fourth-order valence-electron chi connectivity index (χ4n) is 2.37. The number of nitrogen functional groups attached to an aromatic ring is 1. The number of anilines is 2. The molecule has 0 amide bonds. The molecule has 0 spiro atoms. The second kappa shape index (κ2) is 15.1. The molecule has 8 heteroatoms. The number of ether oxygens (including phenoxy) is 1. The molecule has 1 fully saturated rings. The van der Waals surface area contributed by atoms with Crippen molar-refractivity contribution in [3.05, 3.63) is 18.3 Å². The lowest BCUT2D eigenvalue weighted by molar-refractivity contribution is 0.0371. The van der Waals surface area contributed by atoms with Gasteiger partial charge >= 0.3 is 0 Å². The van der Waals surface area contributed by atoms with E-state index >= 15 is 0 Å². The Morgan fingerprint density at radius 1 is 1.04 bits per heavy atom. The monoisotopic (exact) mass is 386 g/mol. The van der Waals surface area contributed by atoms with Crippen molar-refractivity contribution in [3.63, 3.8) is 0 Å². The fourth-order valence-corrected chi connectivity index (χ4v) is 2.37. The average Bonchev–Trinajstić information content (AvgIpc) is 2.49. The van der Waals surface area contributed by atoms with Crippen molar-refractivity contribution in [2.45, 2.75) is 25.7 Å². The minimum atomic E-state index is 0. The molecule has 0 unspecified atom stereocenters. The van der Waals surface area contributed by atoms with Gasteiger partial charge in [0.15, 0.2) is 0 Å². The number of hydrogen-bond acceptors (Lipinski definition) is 5. The lowest BCUT2D eigenvalue weighted by atomic mass is 10.2. The summed E-state index contributed by atoms with van der Waals surface area (Å²) in [5, 5.41) is 3.32. The van der Waals surface area contributed by atoms with Gasteiger partial charge < -0.3 is 15.8 Å². The molecule has 23 heavy (non-hydrogen) atoms. The molecule has 136 valence electrons. The topological polar surface area (TPSA) is 63.4 Å². The van der Waals surface area contributed by atoms with Crippen LogP contribution in [0.1, 0.15) is 25.7 Å². The minimum absolute atomic E-state index is 0. The van der Waals surface area contributed by atoms with E-state index in [1.165, 1.54) is 32.2 Å². The second-order valence-electron chi connectivity index (χ2n) is 5.27. The van der Waals surface area contributed by atoms with Crippen LogP contribution in [0.2, 0.25) is 0 Å². The highest BCUT2D eigenvalue weighted by atomic mass is 35.5. The van der Waals surface area contributed by atoms with Gasteiger partial charge in [-0.3, -0.25) is 4.90 Å². The van der Waals surface area contributed by atoms with Gasteiger partial charge in [-0.25, -0.2) is 4.98 Å². The van der Waals surface area contributed by atoms with E-state index in [1.54, 1.807) is 6.20 Å². The molecule has 1 aromatic rings. The normalized spacial score (nSPS) is 14.1. The van der Waals surface area contributed by atoms with E-state index < -0.39 is 0 Å². The molecule has 0 bridgehead atoms. The molecular weight excluding hydrogens is 359 g/mol. The Morgan fingerprint density at radius 3 is 2.39 bits per heavy atom. The SMILES string of the molecule is Cl.Cl.Cl.Nc1ccc(NCCCCCCN2CCOCC2)nc1. The summed E-state index contributed by atoms with van der Waals surface area (Å²) in [6.45, 7) is 6.20. The number of halogens is 3. The zero-order valence-electron chi connectivity index (χ0n) is 13.4. The first-order valence-corrected chi connectivity index (χ1v) is 7.60. The van der Waals surface area contributed by atoms with Crippen LogP contribution in [0.3, 0.4) is 0 Å². The van der Waals surface area contributed by atoms with Gasteiger partial charge in [0.25, 0.3) is 0 Å². The third kappa shape index (κ3) is 10.8. The van der Waals surface area contributed by atoms with Gasteiger partial charge in [0, 0.05) is 19.6 Å². The molecule has 0 atom stereocenters. The summed E-state index contributed by atoms with van der Waals surface area (Å²) in [6, 6.07) is 3.80. The Hall–Kier alpha value is -0.460. The van der Waals surface area contributed by atoms with Gasteiger partial charge in [0.2, 0.25) is 0 Å².